The Kier molecular flexibility index (Phi) is 3.88. The SMILES string of the molecule is Cc1ncc2c(n1)CCN(C(=O)c1c(C)oc3ncnc(N(C)C4(C)CC4)c13)C2. The van der Waals surface area contributed by atoms with Crippen LogP contribution in [0.1, 0.15) is 53.0 Å². The Morgan fingerprint density at radius 1 is 1.24 bits per heavy atom. The molecule has 0 N–H and O–H groups in total. The number of furan rings is 1. The standard InChI is InChI=1S/C21H24N6O2/c1-12-16(20(28)27-8-5-15-14(10-27)9-22-13(2)25-15)17-18(23-11-24-19(17)29-12)26(4)21(3)6-7-21/h9,11H,5-8,10H2,1-4H3. The van der Waals surface area contributed by atoms with Crippen LogP contribution in [0.2, 0.25) is 0 Å². The number of carbonyl (C=O) groups excluding carboxylic acids is 1. The van der Waals surface area contributed by atoms with Gasteiger partial charge in [0.1, 0.15) is 23.7 Å². The monoisotopic (exact) mass is 392 g/mol. The van der Waals surface area contributed by atoms with Crippen LogP contribution in [-0.2, 0) is 13.0 Å². The van der Waals surface area contributed by atoms with Crippen molar-refractivity contribution in [2.45, 2.75) is 52.1 Å². The molecule has 0 aromatic carbocycles. The van der Waals surface area contributed by atoms with Gasteiger partial charge in [0.15, 0.2) is 0 Å². The average Bonchev–Trinajstić information content (AvgIpc) is 3.37. The zero-order valence-electron chi connectivity index (χ0n) is 17.2. The summed E-state index contributed by atoms with van der Waals surface area (Å²) in [6.07, 6.45) is 6.27. The number of fused-ring (bicyclic) bond motifs is 2. The van der Waals surface area contributed by atoms with Crippen molar-refractivity contribution < 1.29 is 9.21 Å². The minimum atomic E-state index is -0.0575. The zero-order chi connectivity index (χ0) is 20.3. The van der Waals surface area contributed by atoms with Crippen molar-refractivity contribution in [3.05, 3.63) is 40.9 Å². The number of aromatic nitrogens is 4. The maximum atomic E-state index is 13.6. The lowest BCUT2D eigenvalue weighted by atomic mass is 10.0. The molecule has 0 saturated heterocycles. The van der Waals surface area contributed by atoms with Crippen LogP contribution in [0.5, 0.6) is 0 Å². The molecule has 8 nitrogen and oxygen atoms in total. The summed E-state index contributed by atoms with van der Waals surface area (Å²) in [6.45, 7) is 7.03. The minimum Gasteiger partial charge on any atom is -0.442 e. The molecule has 0 unspecified atom stereocenters. The Bertz CT molecular complexity index is 1130. The highest BCUT2D eigenvalue weighted by Crippen LogP contribution is 2.44. The smallest absolute Gasteiger partial charge is 0.258 e. The van der Waals surface area contributed by atoms with E-state index in [4.69, 9.17) is 4.42 Å². The Hall–Kier alpha value is -3.03. The van der Waals surface area contributed by atoms with Crippen LogP contribution in [0.15, 0.2) is 16.9 Å². The van der Waals surface area contributed by atoms with Crippen molar-refractivity contribution in [2.24, 2.45) is 0 Å². The molecule has 1 amide bonds. The molecule has 1 aliphatic carbocycles. The highest BCUT2D eigenvalue weighted by Gasteiger charge is 2.43. The van der Waals surface area contributed by atoms with E-state index in [1.54, 1.807) is 0 Å². The number of nitrogens with zero attached hydrogens (tertiary/aromatic N) is 6. The van der Waals surface area contributed by atoms with Crippen molar-refractivity contribution in [3.63, 3.8) is 0 Å². The maximum Gasteiger partial charge on any atom is 0.258 e. The van der Waals surface area contributed by atoms with Crippen LogP contribution < -0.4 is 4.90 Å². The number of aryl methyl sites for hydroxylation is 2. The fraction of sp³-hybridized carbons (Fsp3) is 0.476. The van der Waals surface area contributed by atoms with Gasteiger partial charge in [-0.15, -0.1) is 0 Å². The highest BCUT2D eigenvalue weighted by molar-refractivity contribution is 6.10. The lowest BCUT2D eigenvalue weighted by molar-refractivity contribution is 0.0733. The summed E-state index contributed by atoms with van der Waals surface area (Å²) >= 11 is 0. The summed E-state index contributed by atoms with van der Waals surface area (Å²) in [5.74, 6) is 2.04. The van der Waals surface area contributed by atoms with Gasteiger partial charge in [0.2, 0.25) is 5.71 Å². The molecule has 4 heterocycles. The second kappa shape index (κ2) is 6.23. The summed E-state index contributed by atoms with van der Waals surface area (Å²) in [5, 5.41) is 0.705. The van der Waals surface area contributed by atoms with E-state index in [1.165, 1.54) is 6.33 Å². The fourth-order valence-corrected chi connectivity index (χ4v) is 4.06. The molecule has 1 aliphatic heterocycles. The van der Waals surface area contributed by atoms with Gasteiger partial charge < -0.3 is 14.2 Å². The van der Waals surface area contributed by atoms with E-state index in [0.29, 0.717) is 35.5 Å². The number of rotatable bonds is 3. The first-order valence-corrected chi connectivity index (χ1v) is 9.96. The number of carbonyl (C=O) groups is 1. The molecular weight excluding hydrogens is 368 g/mol. The van der Waals surface area contributed by atoms with E-state index >= 15 is 0 Å². The number of hydrogen-bond donors (Lipinski definition) is 0. The molecule has 1 saturated carbocycles. The molecule has 0 atom stereocenters. The second-order valence-corrected chi connectivity index (χ2v) is 8.33. The molecule has 0 spiro atoms. The van der Waals surface area contributed by atoms with Gasteiger partial charge in [-0.2, -0.15) is 0 Å². The van der Waals surface area contributed by atoms with Gasteiger partial charge in [-0.1, -0.05) is 0 Å². The third-order valence-electron chi connectivity index (χ3n) is 6.30. The predicted octanol–water partition coefficient (Wildman–Crippen LogP) is 2.82. The number of anilines is 1. The molecule has 3 aromatic heterocycles. The van der Waals surface area contributed by atoms with Gasteiger partial charge >= 0.3 is 0 Å². The van der Waals surface area contributed by atoms with Gasteiger partial charge in [-0.25, -0.2) is 19.9 Å². The lowest BCUT2D eigenvalue weighted by Crippen LogP contribution is -2.37. The molecule has 1 fully saturated rings. The van der Waals surface area contributed by atoms with Gasteiger partial charge in [-0.3, -0.25) is 4.79 Å². The van der Waals surface area contributed by atoms with Crippen molar-refractivity contribution in [2.75, 3.05) is 18.5 Å². The molecule has 0 radical (unpaired) electrons. The van der Waals surface area contributed by atoms with E-state index in [9.17, 15) is 4.79 Å². The first-order chi connectivity index (χ1) is 13.9. The Morgan fingerprint density at radius 3 is 2.79 bits per heavy atom. The molecule has 29 heavy (non-hydrogen) atoms. The van der Waals surface area contributed by atoms with E-state index < -0.39 is 0 Å². The molecule has 150 valence electrons. The molecule has 5 rings (SSSR count). The molecular formula is C21H24N6O2. The van der Waals surface area contributed by atoms with Crippen molar-refractivity contribution in [1.29, 1.82) is 0 Å². The Labute approximate surface area is 169 Å². The number of hydrogen-bond acceptors (Lipinski definition) is 7. The van der Waals surface area contributed by atoms with Gasteiger partial charge in [0.25, 0.3) is 5.91 Å². The second-order valence-electron chi connectivity index (χ2n) is 8.33. The van der Waals surface area contributed by atoms with Gasteiger partial charge in [0, 0.05) is 43.9 Å². The number of amides is 1. The molecule has 8 heteroatoms. The van der Waals surface area contributed by atoms with Crippen molar-refractivity contribution in [1.82, 2.24) is 24.8 Å². The van der Waals surface area contributed by atoms with E-state index in [0.717, 1.165) is 42.2 Å². The van der Waals surface area contributed by atoms with E-state index in [-0.39, 0.29) is 11.4 Å². The predicted molar refractivity (Wildman–Crippen MR) is 108 cm³/mol. The van der Waals surface area contributed by atoms with Gasteiger partial charge in [0.05, 0.1) is 16.6 Å². The summed E-state index contributed by atoms with van der Waals surface area (Å²) in [5.41, 5.74) is 3.12. The first kappa shape index (κ1) is 18.0. The summed E-state index contributed by atoms with van der Waals surface area (Å²) < 4.78 is 5.87. The lowest BCUT2D eigenvalue weighted by Gasteiger charge is -2.29. The van der Waals surface area contributed by atoms with Gasteiger partial charge in [-0.05, 0) is 33.6 Å². The molecule has 3 aromatic rings. The molecule has 0 bridgehead atoms. The van der Waals surface area contributed by atoms with Crippen LogP contribution >= 0.6 is 0 Å². The quantitative estimate of drug-likeness (QED) is 0.677. The maximum absolute atomic E-state index is 13.6. The topological polar surface area (TPSA) is 88.2 Å². The largest absolute Gasteiger partial charge is 0.442 e. The zero-order valence-corrected chi connectivity index (χ0v) is 17.2. The summed E-state index contributed by atoms with van der Waals surface area (Å²) in [4.78, 5) is 35.2. The third kappa shape index (κ3) is 2.85. The normalized spacial score (nSPS) is 17.3. The van der Waals surface area contributed by atoms with E-state index in [1.807, 2.05) is 32.0 Å². The fourth-order valence-electron chi connectivity index (χ4n) is 4.06. The average molecular weight is 392 g/mol. The Balaban J connectivity index is 1.55. The van der Waals surface area contributed by atoms with E-state index in [2.05, 4.69) is 31.8 Å². The third-order valence-corrected chi connectivity index (χ3v) is 6.30. The van der Waals surface area contributed by atoms with Crippen LogP contribution in [0.4, 0.5) is 5.82 Å². The highest BCUT2D eigenvalue weighted by atomic mass is 16.3. The van der Waals surface area contributed by atoms with Crippen LogP contribution in [-0.4, -0.2) is 49.9 Å². The minimum absolute atomic E-state index is 0.0575. The summed E-state index contributed by atoms with van der Waals surface area (Å²) in [7, 11) is 2.03. The van der Waals surface area contributed by atoms with Crippen LogP contribution in [0, 0.1) is 13.8 Å². The van der Waals surface area contributed by atoms with Crippen LogP contribution in [0.25, 0.3) is 11.1 Å². The molecule has 2 aliphatic rings. The van der Waals surface area contributed by atoms with Crippen molar-refractivity contribution in [3.8, 4) is 0 Å². The van der Waals surface area contributed by atoms with Crippen molar-refractivity contribution >= 4 is 22.8 Å². The summed E-state index contributed by atoms with van der Waals surface area (Å²) in [6, 6.07) is 0. The first-order valence-electron chi connectivity index (χ1n) is 9.96. The Morgan fingerprint density at radius 2 is 2.03 bits per heavy atom. The van der Waals surface area contributed by atoms with Crippen LogP contribution in [0.3, 0.4) is 0 Å².